The van der Waals surface area contributed by atoms with E-state index in [9.17, 15) is 0 Å². The molecule has 1 aliphatic rings. The van der Waals surface area contributed by atoms with Gasteiger partial charge in [-0.1, -0.05) is 36.8 Å². The molecule has 0 aliphatic heterocycles. The molecule has 69 valence electrons. The summed E-state index contributed by atoms with van der Waals surface area (Å²) in [5, 5.41) is 0. The minimum absolute atomic E-state index is 0.403. The van der Waals surface area contributed by atoms with Crippen molar-refractivity contribution in [1.82, 2.24) is 0 Å². The minimum atomic E-state index is 0.403. The van der Waals surface area contributed by atoms with E-state index in [-0.39, 0.29) is 0 Å². The standard InChI is InChI=1S/C12H15O/c1-2-6-11(7-3-1)10-13-12-8-4-5-9-12/h1-3,6-8,12H,4-5,9-10H2/t12-/m1/s1. The molecule has 0 bridgehead atoms. The zero-order chi connectivity index (χ0) is 8.93. The normalized spacial score (nSPS) is 17.8. The smallest absolute Gasteiger partial charge is 0.0720 e. The zero-order valence-corrected chi connectivity index (χ0v) is 7.78. The topological polar surface area (TPSA) is 9.23 Å². The molecule has 0 saturated heterocycles. The molecule has 1 aliphatic carbocycles. The minimum Gasteiger partial charge on any atom is -0.373 e. The number of rotatable bonds is 3. The Morgan fingerprint density at radius 1 is 1.23 bits per heavy atom. The van der Waals surface area contributed by atoms with E-state index in [0.717, 1.165) is 6.61 Å². The molecule has 1 nitrogen and oxygen atoms in total. The summed E-state index contributed by atoms with van der Waals surface area (Å²) in [6.45, 7) is 0.752. The van der Waals surface area contributed by atoms with Gasteiger partial charge in [0.2, 0.25) is 0 Å². The van der Waals surface area contributed by atoms with Crippen LogP contribution in [0, 0.1) is 6.42 Å². The van der Waals surface area contributed by atoms with Crippen LogP contribution in [0.5, 0.6) is 0 Å². The molecule has 2 rings (SSSR count). The molecule has 0 spiro atoms. The molecule has 1 atom stereocenters. The van der Waals surface area contributed by atoms with Crippen molar-refractivity contribution in [2.24, 2.45) is 0 Å². The van der Waals surface area contributed by atoms with Gasteiger partial charge in [-0.3, -0.25) is 0 Å². The predicted molar refractivity (Wildman–Crippen MR) is 53.2 cm³/mol. The lowest BCUT2D eigenvalue weighted by Gasteiger charge is -2.10. The first-order chi connectivity index (χ1) is 6.45. The van der Waals surface area contributed by atoms with Crippen LogP contribution in [-0.2, 0) is 11.3 Å². The second kappa shape index (κ2) is 4.43. The predicted octanol–water partition coefficient (Wildman–Crippen LogP) is 2.96. The van der Waals surface area contributed by atoms with Crippen LogP contribution < -0.4 is 0 Å². The van der Waals surface area contributed by atoms with E-state index in [1.165, 1.54) is 24.8 Å². The Balaban J connectivity index is 1.79. The largest absolute Gasteiger partial charge is 0.373 e. The van der Waals surface area contributed by atoms with E-state index >= 15 is 0 Å². The molecule has 1 radical (unpaired) electrons. The van der Waals surface area contributed by atoms with Gasteiger partial charge in [-0.25, -0.2) is 0 Å². The molecule has 0 unspecified atom stereocenters. The van der Waals surface area contributed by atoms with E-state index in [2.05, 4.69) is 30.7 Å². The van der Waals surface area contributed by atoms with E-state index in [4.69, 9.17) is 4.74 Å². The maximum absolute atomic E-state index is 5.73. The molecule has 1 heteroatoms. The van der Waals surface area contributed by atoms with Gasteiger partial charge in [0.1, 0.15) is 0 Å². The molecular weight excluding hydrogens is 160 g/mol. The zero-order valence-electron chi connectivity index (χ0n) is 7.78. The van der Waals surface area contributed by atoms with Crippen molar-refractivity contribution in [1.29, 1.82) is 0 Å². The monoisotopic (exact) mass is 175 g/mol. The Labute approximate surface area is 79.7 Å². The van der Waals surface area contributed by atoms with Crippen molar-refractivity contribution in [3.63, 3.8) is 0 Å². The first kappa shape index (κ1) is 8.76. The first-order valence-electron chi connectivity index (χ1n) is 4.94. The van der Waals surface area contributed by atoms with E-state index in [0.29, 0.717) is 6.10 Å². The Bertz CT molecular complexity index is 237. The molecule has 1 fully saturated rings. The van der Waals surface area contributed by atoms with Gasteiger partial charge < -0.3 is 4.74 Å². The van der Waals surface area contributed by atoms with Crippen LogP contribution in [0.4, 0.5) is 0 Å². The SMILES string of the molecule is [CH]1CCC[C@@H]1OCc1ccccc1. The van der Waals surface area contributed by atoms with E-state index in [1.54, 1.807) is 0 Å². The Morgan fingerprint density at radius 2 is 2.08 bits per heavy atom. The number of ether oxygens (including phenoxy) is 1. The quantitative estimate of drug-likeness (QED) is 0.686. The molecule has 1 aromatic carbocycles. The lowest BCUT2D eigenvalue weighted by Crippen LogP contribution is -2.07. The third-order valence-electron chi connectivity index (χ3n) is 2.43. The van der Waals surface area contributed by atoms with Gasteiger partial charge in [0, 0.05) is 0 Å². The molecule has 0 amide bonds. The molecule has 1 aromatic rings. The summed E-state index contributed by atoms with van der Waals surface area (Å²) in [5.41, 5.74) is 1.27. The van der Waals surface area contributed by atoms with Crippen molar-refractivity contribution < 1.29 is 4.74 Å². The van der Waals surface area contributed by atoms with Gasteiger partial charge in [0.15, 0.2) is 0 Å². The highest BCUT2D eigenvalue weighted by atomic mass is 16.5. The summed E-state index contributed by atoms with van der Waals surface area (Å²) >= 11 is 0. The van der Waals surface area contributed by atoms with Gasteiger partial charge in [-0.15, -0.1) is 0 Å². The van der Waals surface area contributed by atoms with Crippen molar-refractivity contribution >= 4 is 0 Å². The molecular formula is C12H15O. The number of benzene rings is 1. The Morgan fingerprint density at radius 3 is 2.77 bits per heavy atom. The molecule has 0 N–H and O–H groups in total. The van der Waals surface area contributed by atoms with Crippen LogP contribution in [0.25, 0.3) is 0 Å². The van der Waals surface area contributed by atoms with Crippen LogP contribution in [0.1, 0.15) is 24.8 Å². The highest BCUT2D eigenvalue weighted by molar-refractivity contribution is 5.13. The van der Waals surface area contributed by atoms with Crippen LogP contribution in [-0.4, -0.2) is 6.10 Å². The van der Waals surface area contributed by atoms with Crippen LogP contribution >= 0.6 is 0 Å². The molecule has 0 aromatic heterocycles. The second-order valence-corrected chi connectivity index (χ2v) is 3.50. The second-order valence-electron chi connectivity index (χ2n) is 3.50. The van der Waals surface area contributed by atoms with Gasteiger partial charge in [0.25, 0.3) is 0 Å². The summed E-state index contributed by atoms with van der Waals surface area (Å²) in [6.07, 6.45) is 6.40. The third kappa shape index (κ3) is 2.56. The lowest BCUT2D eigenvalue weighted by atomic mass is 10.2. The summed E-state index contributed by atoms with van der Waals surface area (Å²) < 4.78 is 5.73. The van der Waals surface area contributed by atoms with Gasteiger partial charge in [-0.05, 0) is 24.8 Å². The fourth-order valence-corrected chi connectivity index (χ4v) is 1.67. The maximum atomic E-state index is 5.73. The summed E-state index contributed by atoms with van der Waals surface area (Å²) in [5.74, 6) is 0. The van der Waals surface area contributed by atoms with Crippen LogP contribution in [0.3, 0.4) is 0 Å². The average molecular weight is 175 g/mol. The van der Waals surface area contributed by atoms with Crippen molar-refractivity contribution in [3.8, 4) is 0 Å². The van der Waals surface area contributed by atoms with Gasteiger partial charge in [0.05, 0.1) is 12.7 Å². The lowest BCUT2D eigenvalue weighted by molar-refractivity contribution is 0.0665. The summed E-state index contributed by atoms with van der Waals surface area (Å²) in [7, 11) is 0. The van der Waals surface area contributed by atoms with E-state index < -0.39 is 0 Å². The highest BCUT2D eigenvalue weighted by Gasteiger charge is 2.15. The first-order valence-corrected chi connectivity index (χ1v) is 4.94. The van der Waals surface area contributed by atoms with Crippen LogP contribution in [0.2, 0.25) is 0 Å². The van der Waals surface area contributed by atoms with E-state index in [1.807, 2.05) is 6.07 Å². The fraction of sp³-hybridized carbons (Fsp3) is 0.417. The van der Waals surface area contributed by atoms with Gasteiger partial charge >= 0.3 is 0 Å². The maximum Gasteiger partial charge on any atom is 0.0720 e. The summed E-state index contributed by atoms with van der Waals surface area (Å²) in [4.78, 5) is 0. The third-order valence-corrected chi connectivity index (χ3v) is 2.43. The Hall–Kier alpha value is -0.820. The van der Waals surface area contributed by atoms with Gasteiger partial charge in [-0.2, -0.15) is 0 Å². The Kier molecular flexibility index (Phi) is 2.98. The van der Waals surface area contributed by atoms with Crippen molar-refractivity contribution in [2.75, 3.05) is 0 Å². The number of hydrogen-bond acceptors (Lipinski definition) is 1. The molecule has 0 heterocycles. The summed E-state index contributed by atoms with van der Waals surface area (Å²) in [6, 6.07) is 10.4. The fourth-order valence-electron chi connectivity index (χ4n) is 1.67. The molecule has 1 saturated carbocycles. The van der Waals surface area contributed by atoms with Crippen LogP contribution in [0.15, 0.2) is 30.3 Å². The number of hydrogen-bond donors (Lipinski definition) is 0. The van der Waals surface area contributed by atoms with Crippen molar-refractivity contribution in [2.45, 2.75) is 32.0 Å². The van der Waals surface area contributed by atoms with Crippen molar-refractivity contribution in [3.05, 3.63) is 42.3 Å². The average Bonchev–Trinajstić information content (AvgIpc) is 2.69. The molecule has 13 heavy (non-hydrogen) atoms. The highest BCUT2D eigenvalue weighted by Crippen LogP contribution is 2.20.